The van der Waals surface area contributed by atoms with Crippen molar-refractivity contribution < 1.29 is 19.0 Å². The van der Waals surface area contributed by atoms with Crippen LogP contribution in [-0.2, 0) is 11.2 Å². The zero-order valence-electron chi connectivity index (χ0n) is 18.9. The van der Waals surface area contributed by atoms with Gasteiger partial charge in [0.05, 0.1) is 17.7 Å². The van der Waals surface area contributed by atoms with Crippen molar-refractivity contribution in [1.82, 2.24) is 14.5 Å². The average molecular weight is 472 g/mol. The molecule has 3 aromatic rings. The monoisotopic (exact) mass is 471 g/mol. The summed E-state index contributed by atoms with van der Waals surface area (Å²) in [5, 5.41) is 11.3. The Kier molecular flexibility index (Phi) is 6.36. The fourth-order valence-corrected chi connectivity index (χ4v) is 5.00. The summed E-state index contributed by atoms with van der Waals surface area (Å²) in [6.45, 7) is 6.07. The highest BCUT2D eigenvalue weighted by atomic mass is 32.1. The molecule has 0 unspecified atom stereocenters. The topological polar surface area (TPSA) is 84.7 Å². The highest BCUT2D eigenvalue weighted by Crippen LogP contribution is 2.33. The molecule has 0 fully saturated rings. The van der Waals surface area contributed by atoms with E-state index in [2.05, 4.69) is 4.98 Å². The van der Waals surface area contributed by atoms with Gasteiger partial charge in [-0.15, -0.1) is 11.3 Å². The van der Waals surface area contributed by atoms with E-state index >= 15 is 0 Å². The number of pyridine rings is 1. The molecule has 1 aromatic carbocycles. The fraction of sp³-hybridized carbons (Fsp3) is 0.375. The molecule has 0 saturated carbocycles. The Balaban J connectivity index is 1.77. The standard InChI is InChI=1S/C24H26FN3O4S/c1-13(2)27-12-19(14(3)32-4)28-11-18(21(29)22(30)20(28)24(27)31)23-26-10-17(33-23)9-15-5-7-16(25)8-6-15/h5-8,10-11,13-14,19,30H,9,12H2,1-4H3/t14-,19-/m1/s1. The second-order valence-electron chi connectivity index (χ2n) is 8.47. The molecule has 1 amide bonds. The number of halogens is 1. The van der Waals surface area contributed by atoms with Crippen molar-refractivity contribution in [3.63, 3.8) is 0 Å². The molecule has 7 nitrogen and oxygen atoms in total. The van der Waals surface area contributed by atoms with E-state index in [4.69, 9.17) is 4.74 Å². The van der Waals surface area contributed by atoms with Crippen molar-refractivity contribution in [2.24, 2.45) is 0 Å². The van der Waals surface area contributed by atoms with Crippen molar-refractivity contribution in [2.75, 3.05) is 13.7 Å². The maximum Gasteiger partial charge on any atom is 0.274 e. The van der Waals surface area contributed by atoms with Crippen LogP contribution in [0.25, 0.3) is 10.6 Å². The number of nitrogens with zero attached hydrogens (tertiary/aromatic N) is 3. The zero-order chi connectivity index (χ0) is 23.9. The molecular weight excluding hydrogens is 445 g/mol. The smallest absolute Gasteiger partial charge is 0.274 e. The van der Waals surface area contributed by atoms with Crippen molar-refractivity contribution in [2.45, 2.75) is 45.4 Å². The van der Waals surface area contributed by atoms with E-state index in [-0.39, 0.29) is 41.2 Å². The minimum atomic E-state index is -0.633. The molecule has 0 radical (unpaired) electrons. The number of amides is 1. The first-order chi connectivity index (χ1) is 15.7. The normalized spacial score (nSPS) is 16.8. The van der Waals surface area contributed by atoms with Gasteiger partial charge in [0, 0.05) is 43.4 Å². The quantitative estimate of drug-likeness (QED) is 0.590. The Morgan fingerprint density at radius 3 is 2.58 bits per heavy atom. The lowest BCUT2D eigenvalue weighted by Crippen LogP contribution is -2.50. The predicted molar refractivity (Wildman–Crippen MR) is 124 cm³/mol. The number of ether oxygens (including phenoxy) is 1. The molecule has 2 atom stereocenters. The van der Waals surface area contributed by atoms with Gasteiger partial charge in [-0.3, -0.25) is 9.59 Å². The van der Waals surface area contributed by atoms with E-state index in [1.165, 1.54) is 23.5 Å². The molecule has 0 aliphatic carbocycles. The van der Waals surface area contributed by atoms with Crippen LogP contribution in [0.2, 0.25) is 0 Å². The van der Waals surface area contributed by atoms with Gasteiger partial charge >= 0.3 is 0 Å². The van der Waals surface area contributed by atoms with Crippen LogP contribution in [0.5, 0.6) is 5.75 Å². The minimum Gasteiger partial charge on any atom is -0.503 e. The molecule has 9 heteroatoms. The summed E-state index contributed by atoms with van der Waals surface area (Å²) in [6, 6.07) is 5.84. The number of fused-ring (bicyclic) bond motifs is 1. The summed E-state index contributed by atoms with van der Waals surface area (Å²) >= 11 is 1.32. The van der Waals surface area contributed by atoms with E-state index < -0.39 is 11.2 Å². The molecular formula is C24H26FN3O4S. The van der Waals surface area contributed by atoms with Gasteiger partial charge in [-0.2, -0.15) is 0 Å². The molecule has 1 N–H and O–H groups in total. The molecule has 33 heavy (non-hydrogen) atoms. The maximum absolute atomic E-state index is 13.2. The number of aromatic hydroxyl groups is 1. The number of methoxy groups -OCH3 is 1. The van der Waals surface area contributed by atoms with E-state index in [9.17, 15) is 19.1 Å². The molecule has 4 rings (SSSR count). The molecule has 0 saturated heterocycles. The van der Waals surface area contributed by atoms with Crippen molar-refractivity contribution in [1.29, 1.82) is 0 Å². The lowest BCUT2D eigenvalue weighted by Gasteiger charge is -2.40. The zero-order valence-corrected chi connectivity index (χ0v) is 19.7. The van der Waals surface area contributed by atoms with Crippen LogP contribution < -0.4 is 5.43 Å². The van der Waals surface area contributed by atoms with Gasteiger partial charge in [-0.1, -0.05) is 12.1 Å². The first-order valence-corrected chi connectivity index (χ1v) is 11.5. The van der Waals surface area contributed by atoms with Crippen molar-refractivity contribution in [3.8, 4) is 16.3 Å². The Morgan fingerprint density at radius 2 is 1.94 bits per heavy atom. The van der Waals surface area contributed by atoms with E-state index in [0.29, 0.717) is 18.0 Å². The molecule has 0 bridgehead atoms. The van der Waals surface area contributed by atoms with E-state index in [0.717, 1.165) is 10.4 Å². The van der Waals surface area contributed by atoms with Gasteiger partial charge < -0.3 is 19.3 Å². The third-order valence-electron chi connectivity index (χ3n) is 6.03. The van der Waals surface area contributed by atoms with E-state index in [1.807, 2.05) is 20.8 Å². The van der Waals surface area contributed by atoms with Crippen LogP contribution in [0.15, 0.2) is 41.5 Å². The lowest BCUT2D eigenvalue weighted by molar-refractivity contribution is 0.0274. The predicted octanol–water partition coefficient (Wildman–Crippen LogP) is 3.85. The second kappa shape index (κ2) is 9.07. The van der Waals surface area contributed by atoms with Gasteiger partial charge in [-0.05, 0) is 38.5 Å². The van der Waals surface area contributed by atoms with Crippen LogP contribution in [0.1, 0.15) is 47.7 Å². The third kappa shape index (κ3) is 4.30. The minimum absolute atomic E-state index is 0.0271. The Hall–Kier alpha value is -3.04. The molecule has 1 aliphatic heterocycles. The van der Waals surface area contributed by atoms with Crippen LogP contribution in [-0.4, -0.2) is 51.3 Å². The average Bonchev–Trinajstić information content (AvgIpc) is 3.25. The summed E-state index contributed by atoms with van der Waals surface area (Å²) in [6.07, 6.45) is 3.55. The van der Waals surface area contributed by atoms with Gasteiger partial charge in [-0.25, -0.2) is 9.37 Å². The van der Waals surface area contributed by atoms with Crippen LogP contribution in [0.3, 0.4) is 0 Å². The van der Waals surface area contributed by atoms with Crippen LogP contribution in [0, 0.1) is 5.82 Å². The SMILES string of the molecule is CO[C@H](C)[C@H]1CN(C(C)C)C(=O)c2c(O)c(=O)c(-c3ncc(Cc4ccc(F)cc4)s3)cn21. The second-order valence-corrected chi connectivity index (χ2v) is 9.59. The van der Waals surface area contributed by atoms with Crippen LogP contribution in [0.4, 0.5) is 4.39 Å². The number of hydrogen-bond donors (Lipinski definition) is 1. The molecule has 0 spiro atoms. The first kappa shape index (κ1) is 23.1. The van der Waals surface area contributed by atoms with Crippen LogP contribution >= 0.6 is 11.3 Å². The molecule has 1 aliphatic rings. The first-order valence-electron chi connectivity index (χ1n) is 10.7. The molecule has 2 aromatic heterocycles. The molecule has 174 valence electrons. The Bertz CT molecular complexity index is 1240. The summed E-state index contributed by atoms with van der Waals surface area (Å²) in [4.78, 5) is 33.1. The van der Waals surface area contributed by atoms with Crippen molar-refractivity contribution in [3.05, 3.63) is 68.8 Å². The largest absolute Gasteiger partial charge is 0.503 e. The Labute approximate surface area is 195 Å². The number of aromatic nitrogens is 2. The third-order valence-corrected chi connectivity index (χ3v) is 7.06. The Morgan fingerprint density at radius 1 is 1.24 bits per heavy atom. The lowest BCUT2D eigenvalue weighted by atomic mass is 10.0. The summed E-state index contributed by atoms with van der Waals surface area (Å²) in [5.41, 5.74) is 0.489. The van der Waals surface area contributed by atoms with E-state index in [1.54, 1.807) is 41.1 Å². The number of carbonyl (C=O) groups excluding carboxylic acids is 1. The van der Waals surface area contributed by atoms with Gasteiger partial charge in [0.2, 0.25) is 5.43 Å². The molecule has 3 heterocycles. The van der Waals surface area contributed by atoms with Gasteiger partial charge in [0.15, 0.2) is 11.4 Å². The number of benzene rings is 1. The number of carbonyl (C=O) groups is 1. The van der Waals surface area contributed by atoms with Crippen molar-refractivity contribution >= 4 is 17.2 Å². The summed E-state index contributed by atoms with van der Waals surface area (Å²) in [7, 11) is 1.59. The fourth-order valence-electron chi connectivity index (χ4n) is 4.05. The number of thiazole rings is 1. The number of hydrogen-bond acceptors (Lipinski definition) is 6. The van der Waals surface area contributed by atoms with Gasteiger partial charge in [0.1, 0.15) is 10.8 Å². The maximum atomic E-state index is 13.2. The summed E-state index contributed by atoms with van der Waals surface area (Å²) < 4.78 is 20.4. The summed E-state index contributed by atoms with van der Waals surface area (Å²) in [5.74, 6) is -1.26. The highest BCUT2D eigenvalue weighted by Gasteiger charge is 2.38. The number of rotatable bonds is 6. The van der Waals surface area contributed by atoms with Gasteiger partial charge in [0.25, 0.3) is 5.91 Å². The highest BCUT2D eigenvalue weighted by molar-refractivity contribution is 7.15.